The summed E-state index contributed by atoms with van der Waals surface area (Å²) in [5, 5.41) is 0.936. The molecule has 1 amide bonds. The molecule has 0 bridgehead atoms. The van der Waals surface area contributed by atoms with Crippen molar-refractivity contribution in [3.63, 3.8) is 0 Å². The monoisotopic (exact) mass is 442 g/mol. The quantitative estimate of drug-likeness (QED) is 0.599. The minimum absolute atomic E-state index is 0.100. The first-order valence-electron chi connectivity index (χ1n) is 8.91. The molecule has 8 heteroatoms. The summed E-state index contributed by atoms with van der Waals surface area (Å²) in [5.74, 6) is -0.933. The van der Waals surface area contributed by atoms with Gasteiger partial charge in [-0.05, 0) is 43.1 Å². The first-order valence-corrected chi connectivity index (χ1v) is 10.9. The fraction of sp³-hybridized carbons (Fsp3) is 0.350. The Bertz CT molecular complexity index is 836. The van der Waals surface area contributed by atoms with Crippen molar-refractivity contribution < 1.29 is 13.9 Å². The van der Waals surface area contributed by atoms with Crippen molar-refractivity contribution in [1.82, 2.24) is 9.62 Å². The predicted molar refractivity (Wildman–Crippen MR) is 113 cm³/mol. The lowest BCUT2D eigenvalue weighted by Crippen LogP contribution is -2.33. The van der Waals surface area contributed by atoms with Crippen LogP contribution in [-0.2, 0) is 6.54 Å². The Kier molecular flexibility index (Phi) is 7.46. The summed E-state index contributed by atoms with van der Waals surface area (Å²) in [6.07, 6.45) is 3.77. The second kappa shape index (κ2) is 9.83. The highest BCUT2D eigenvalue weighted by Crippen LogP contribution is 2.29. The lowest BCUT2D eigenvalue weighted by atomic mass is 10.2. The van der Waals surface area contributed by atoms with Crippen molar-refractivity contribution >= 4 is 41.1 Å². The number of nitrogens with zero attached hydrogens (tertiary/aromatic N) is 1. The van der Waals surface area contributed by atoms with Gasteiger partial charge in [-0.1, -0.05) is 47.3 Å². The van der Waals surface area contributed by atoms with E-state index in [9.17, 15) is 9.18 Å². The van der Waals surface area contributed by atoms with Gasteiger partial charge in [0, 0.05) is 29.9 Å². The van der Waals surface area contributed by atoms with Crippen LogP contribution in [0.5, 0.6) is 5.75 Å². The fourth-order valence-corrected chi connectivity index (χ4v) is 3.90. The molecule has 150 valence electrons. The molecular formula is C20H21Cl2FN2O2S. The molecule has 0 saturated carbocycles. The highest BCUT2D eigenvalue weighted by atomic mass is 35.5. The summed E-state index contributed by atoms with van der Waals surface area (Å²) in [6, 6.07) is 10.5. The van der Waals surface area contributed by atoms with Crippen LogP contribution in [0.2, 0.25) is 10.0 Å². The van der Waals surface area contributed by atoms with Crippen LogP contribution in [-0.4, -0.2) is 36.3 Å². The van der Waals surface area contributed by atoms with E-state index in [2.05, 4.69) is 9.62 Å². The van der Waals surface area contributed by atoms with E-state index in [1.165, 1.54) is 17.7 Å². The Balaban J connectivity index is 1.63. The molecule has 1 aliphatic rings. The minimum atomic E-state index is -0.657. The molecule has 1 heterocycles. The molecule has 1 unspecified atom stereocenters. The summed E-state index contributed by atoms with van der Waals surface area (Å²) in [5.41, 5.74) is 1.08. The van der Waals surface area contributed by atoms with E-state index >= 15 is 0 Å². The summed E-state index contributed by atoms with van der Waals surface area (Å²) in [7, 11) is 0. The average Bonchev–Trinajstić information content (AvgIpc) is 3.11. The molecular weight excluding hydrogens is 422 g/mol. The molecule has 28 heavy (non-hydrogen) atoms. The van der Waals surface area contributed by atoms with Crippen molar-refractivity contribution in [2.45, 2.75) is 25.4 Å². The summed E-state index contributed by atoms with van der Waals surface area (Å²) in [4.78, 5) is 14.2. The van der Waals surface area contributed by atoms with Crippen molar-refractivity contribution in [1.29, 1.82) is 0 Å². The summed E-state index contributed by atoms with van der Waals surface area (Å²) < 4.78 is 22.6. The van der Waals surface area contributed by atoms with Crippen LogP contribution in [0.1, 0.15) is 28.8 Å². The second-order valence-corrected chi connectivity index (χ2v) is 8.06. The van der Waals surface area contributed by atoms with Crippen LogP contribution in [0.15, 0.2) is 36.4 Å². The molecule has 3 rings (SSSR count). The molecule has 0 aliphatic carbocycles. The van der Waals surface area contributed by atoms with Gasteiger partial charge in [0.25, 0.3) is 5.91 Å². The molecule has 0 radical (unpaired) electrons. The molecule has 0 aromatic heterocycles. The molecule has 1 saturated heterocycles. The van der Waals surface area contributed by atoms with E-state index < -0.39 is 11.7 Å². The van der Waals surface area contributed by atoms with Gasteiger partial charge in [-0.2, -0.15) is 0 Å². The van der Waals surface area contributed by atoms with Crippen LogP contribution < -0.4 is 9.46 Å². The van der Waals surface area contributed by atoms with Gasteiger partial charge in [0.1, 0.15) is 18.2 Å². The van der Waals surface area contributed by atoms with Gasteiger partial charge >= 0.3 is 0 Å². The van der Waals surface area contributed by atoms with E-state index in [1.54, 1.807) is 6.26 Å². The van der Waals surface area contributed by atoms with Gasteiger partial charge in [-0.3, -0.25) is 14.4 Å². The van der Waals surface area contributed by atoms with Gasteiger partial charge in [0.05, 0.1) is 10.6 Å². The number of halogens is 3. The van der Waals surface area contributed by atoms with E-state index in [0.29, 0.717) is 6.61 Å². The number of hydrogen-bond donors (Lipinski definition) is 1. The Morgan fingerprint density at radius 1 is 1.32 bits per heavy atom. The van der Waals surface area contributed by atoms with Crippen LogP contribution in [0, 0.1) is 5.82 Å². The number of carbonyl (C=O) groups is 1. The first-order chi connectivity index (χ1) is 13.5. The maximum atomic E-state index is 14.3. The second-order valence-electron chi connectivity index (χ2n) is 6.60. The number of hydrogen-bond acceptors (Lipinski definition) is 4. The van der Waals surface area contributed by atoms with E-state index in [1.807, 2.05) is 24.3 Å². The van der Waals surface area contributed by atoms with Crippen LogP contribution >= 0.6 is 35.1 Å². The third-order valence-corrected chi connectivity index (χ3v) is 5.63. The molecule has 1 aliphatic heterocycles. The molecule has 4 nitrogen and oxygen atoms in total. The molecule has 0 spiro atoms. The van der Waals surface area contributed by atoms with Gasteiger partial charge in [-0.15, -0.1) is 0 Å². The number of benzene rings is 2. The van der Waals surface area contributed by atoms with Gasteiger partial charge < -0.3 is 4.74 Å². The SMILES string of the molecule is CSNC(=O)c1cc(Cl)c(OCC2CCCN2Cc2ccc(Cl)cc2)cc1F. The van der Waals surface area contributed by atoms with Crippen molar-refractivity contribution in [2.75, 3.05) is 19.4 Å². The Hall–Kier alpha value is -1.47. The van der Waals surface area contributed by atoms with E-state index in [4.69, 9.17) is 27.9 Å². The normalized spacial score (nSPS) is 16.9. The summed E-state index contributed by atoms with van der Waals surface area (Å²) in [6.45, 7) is 2.19. The number of rotatable bonds is 7. The lowest BCUT2D eigenvalue weighted by molar-refractivity contribution is 0.0980. The number of ether oxygens (including phenoxy) is 1. The average molecular weight is 443 g/mol. The molecule has 1 fully saturated rings. The Morgan fingerprint density at radius 3 is 2.79 bits per heavy atom. The van der Waals surface area contributed by atoms with Crippen LogP contribution in [0.3, 0.4) is 0 Å². The minimum Gasteiger partial charge on any atom is -0.490 e. The van der Waals surface area contributed by atoms with E-state index in [0.717, 1.165) is 42.9 Å². The molecule has 1 N–H and O–H groups in total. The zero-order chi connectivity index (χ0) is 20.1. The molecule has 2 aromatic rings. The van der Waals surface area contributed by atoms with Gasteiger partial charge in [-0.25, -0.2) is 4.39 Å². The molecule has 2 aromatic carbocycles. The number of amides is 1. The third kappa shape index (κ3) is 5.32. The molecule has 1 atom stereocenters. The Labute approximate surface area is 178 Å². The highest BCUT2D eigenvalue weighted by Gasteiger charge is 2.26. The summed E-state index contributed by atoms with van der Waals surface area (Å²) >= 11 is 13.3. The third-order valence-electron chi connectivity index (χ3n) is 4.69. The lowest BCUT2D eigenvalue weighted by Gasteiger charge is -2.25. The smallest absolute Gasteiger partial charge is 0.264 e. The Morgan fingerprint density at radius 2 is 2.07 bits per heavy atom. The van der Waals surface area contributed by atoms with Crippen molar-refractivity contribution in [3.05, 3.63) is 63.4 Å². The first kappa shape index (κ1) is 21.2. The van der Waals surface area contributed by atoms with Crippen LogP contribution in [0.4, 0.5) is 4.39 Å². The zero-order valence-electron chi connectivity index (χ0n) is 15.4. The van der Waals surface area contributed by atoms with Gasteiger partial charge in [0.15, 0.2) is 0 Å². The van der Waals surface area contributed by atoms with Crippen molar-refractivity contribution in [2.24, 2.45) is 0 Å². The fourth-order valence-electron chi connectivity index (χ4n) is 3.26. The maximum Gasteiger partial charge on any atom is 0.264 e. The highest BCUT2D eigenvalue weighted by molar-refractivity contribution is 7.97. The maximum absolute atomic E-state index is 14.3. The predicted octanol–water partition coefficient (Wildman–Crippen LogP) is 5.18. The standard InChI is InChI=1S/C20H21Cl2FN2O2S/c1-28-24-20(26)16-9-17(22)19(10-18(16)23)27-12-15-3-2-8-25(15)11-13-4-6-14(21)7-5-13/h4-7,9-10,15H,2-3,8,11-12H2,1H3,(H,24,26). The number of likely N-dealkylation sites (tertiary alicyclic amines) is 1. The zero-order valence-corrected chi connectivity index (χ0v) is 17.7. The van der Waals surface area contributed by atoms with Crippen LogP contribution in [0.25, 0.3) is 0 Å². The van der Waals surface area contributed by atoms with Gasteiger partial charge in [0.2, 0.25) is 0 Å². The number of carbonyl (C=O) groups excluding carboxylic acids is 1. The largest absolute Gasteiger partial charge is 0.490 e. The number of nitrogens with one attached hydrogen (secondary N) is 1. The van der Waals surface area contributed by atoms with E-state index in [-0.39, 0.29) is 22.4 Å². The topological polar surface area (TPSA) is 41.6 Å². The van der Waals surface area contributed by atoms with Crippen molar-refractivity contribution in [3.8, 4) is 5.75 Å².